The number of guanidine groups is 1. The first-order valence-electron chi connectivity index (χ1n) is 4.95. The van der Waals surface area contributed by atoms with E-state index in [-0.39, 0.29) is 0 Å². The van der Waals surface area contributed by atoms with Gasteiger partial charge >= 0.3 is 0 Å². The van der Waals surface area contributed by atoms with Crippen LogP contribution in [0.4, 0.5) is 0 Å². The van der Waals surface area contributed by atoms with Crippen LogP contribution in [0.1, 0.15) is 34.1 Å². The van der Waals surface area contributed by atoms with Crippen molar-refractivity contribution in [2.45, 2.75) is 40.2 Å². The molecule has 0 spiro atoms. The normalized spacial score (nSPS) is 12.0. The minimum atomic E-state index is 0.369. The van der Waals surface area contributed by atoms with Crippen molar-refractivity contribution in [2.75, 3.05) is 13.1 Å². The van der Waals surface area contributed by atoms with Crippen LogP contribution in [0.2, 0.25) is 0 Å². The smallest absolute Gasteiger partial charge is 0.208 e. The predicted octanol–water partition coefficient (Wildman–Crippen LogP) is 0.946. The van der Waals surface area contributed by atoms with Gasteiger partial charge in [0.2, 0.25) is 5.96 Å². The zero-order valence-corrected chi connectivity index (χ0v) is 9.17. The molecule has 0 aromatic carbocycles. The first kappa shape index (κ1) is 12.2. The average molecular weight is 186 g/mol. The molecule has 0 fully saturated rings. The maximum absolute atomic E-state index is 5.80. The van der Waals surface area contributed by atoms with E-state index in [1.807, 2.05) is 6.92 Å². The molecular formula is C9H22N4. The number of rotatable bonds is 4. The summed E-state index contributed by atoms with van der Waals surface area (Å²) in [7, 11) is 0. The number of aliphatic imine (C=N–C) groups is 1. The van der Waals surface area contributed by atoms with Crippen molar-refractivity contribution < 1.29 is 0 Å². The molecule has 0 amide bonds. The number of hydrazine groups is 1. The summed E-state index contributed by atoms with van der Waals surface area (Å²) in [6.45, 7) is 9.83. The Hall–Kier alpha value is -0.770. The van der Waals surface area contributed by atoms with E-state index in [4.69, 9.17) is 5.84 Å². The molecule has 0 atom stereocenters. The summed E-state index contributed by atoms with van der Waals surface area (Å²) < 4.78 is 0. The van der Waals surface area contributed by atoms with Crippen molar-refractivity contribution in [3.63, 3.8) is 0 Å². The maximum Gasteiger partial charge on any atom is 0.208 e. The summed E-state index contributed by atoms with van der Waals surface area (Å²) >= 11 is 0. The van der Waals surface area contributed by atoms with Gasteiger partial charge in [-0.2, -0.15) is 0 Å². The highest BCUT2D eigenvalue weighted by molar-refractivity contribution is 5.79. The van der Waals surface area contributed by atoms with Crippen LogP contribution in [0.15, 0.2) is 4.99 Å². The van der Waals surface area contributed by atoms with Crippen molar-refractivity contribution in [1.82, 2.24) is 10.3 Å². The molecule has 0 unspecified atom stereocenters. The number of hydrogen-bond acceptors (Lipinski definition) is 2. The average Bonchev–Trinajstić information content (AvgIpc) is 2.03. The fraction of sp³-hybridized carbons (Fsp3) is 0.889. The van der Waals surface area contributed by atoms with E-state index < -0.39 is 0 Å². The van der Waals surface area contributed by atoms with Gasteiger partial charge in [-0.15, -0.1) is 0 Å². The zero-order valence-electron chi connectivity index (χ0n) is 9.17. The fourth-order valence-corrected chi connectivity index (χ4v) is 0.974. The molecule has 0 aliphatic rings. The molecule has 0 rings (SSSR count). The Bertz CT molecular complexity index is 154. The summed E-state index contributed by atoms with van der Waals surface area (Å²) in [4.78, 5) is 4.29. The summed E-state index contributed by atoms with van der Waals surface area (Å²) in [5.41, 5.74) is 0. The van der Waals surface area contributed by atoms with E-state index in [9.17, 15) is 0 Å². The largest absolute Gasteiger partial charge is 0.353 e. The lowest BCUT2D eigenvalue weighted by molar-refractivity contribution is 0.413. The van der Waals surface area contributed by atoms with E-state index in [0.717, 1.165) is 25.5 Å². The molecule has 0 radical (unpaired) electrons. The molecule has 0 bridgehead atoms. The summed E-state index contributed by atoms with van der Waals surface area (Å²) in [5.74, 6) is 6.59. The maximum atomic E-state index is 5.80. The van der Waals surface area contributed by atoms with E-state index in [0.29, 0.717) is 6.04 Å². The summed E-state index contributed by atoms with van der Waals surface area (Å²) in [6, 6.07) is 0.369. The van der Waals surface area contributed by atoms with Gasteiger partial charge in [0.1, 0.15) is 0 Å². The Labute approximate surface area is 81.2 Å². The van der Waals surface area contributed by atoms with Gasteiger partial charge in [-0.05, 0) is 27.2 Å². The number of nitrogens with one attached hydrogen (secondary N) is 1. The second kappa shape index (κ2) is 6.71. The van der Waals surface area contributed by atoms with Crippen molar-refractivity contribution in [3.05, 3.63) is 0 Å². The quantitative estimate of drug-likeness (QED) is 0.297. The highest BCUT2D eigenvalue weighted by Crippen LogP contribution is 1.88. The molecule has 0 aliphatic heterocycles. The third-order valence-electron chi connectivity index (χ3n) is 1.46. The fourth-order valence-electron chi connectivity index (χ4n) is 0.974. The minimum Gasteiger partial charge on any atom is -0.353 e. The highest BCUT2D eigenvalue weighted by atomic mass is 15.5. The van der Waals surface area contributed by atoms with Crippen LogP contribution in [0.5, 0.6) is 0 Å². The Kier molecular flexibility index (Phi) is 6.32. The van der Waals surface area contributed by atoms with E-state index in [1.54, 1.807) is 5.01 Å². The minimum absolute atomic E-state index is 0.369. The molecule has 0 aromatic rings. The first-order valence-corrected chi connectivity index (χ1v) is 4.95. The topological polar surface area (TPSA) is 53.6 Å². The van der Waals surface area contributed by atoms with Crippen LogP contribution < -0.4 is 11.2 Å². The van der Waals surface area contributed by atoms with Gasteiger partial charge in [-0.25, -0.2) is 5.84 Å². The molecule has 13 heavy (non-hydrogen) atoms. The van der Waals surface area contributed by atoms with E-state index in [2.05, 4.69) is 31.1 Å². The predicted molar refractivity (Wildman–Crippen MR) is 57.4 cm³/mol. The number of hydrogen-bond donors (Lipinski definition) is 2. The standard InChI is InChI=1S/C9H22N4/c1-5-7-13(10)9(11-6-2)12-8(3)4/h8H,5-7,10H2,1-4H3,(H,11,12). The zero-order chi connectivity index (χ0) is 10.3. The van der Waals surface area contributed by atoms with Crippen molar-refractivity contribution >= 4 is 5.96 Å². The van der Waals surface area contributed by atoms with Gasteiger partial charge in [0, 0.05) is 19.1 Å². The van der Waals surface area contributed by atoms with Crippen molar-refractivity contribution in [1.29, 1.82) is 0 Å². The van der Waals surface area contributed by atoms with Gasteiger partial charge in [0.25, 0.3) is 0 Å². The Morgan fingerprint density at radius 2 is 2.08 bits per heavy atom. The second-order valence-electron chi connectivity index (χ2n) is 3.29. The van der Waals surface area contributed by atoms with Crippen LogP contribution in [0.3, 0.4) is 0 Å². The third kappa shape index (κ3) is 5.47. The van der Waals surface area contributed by atoms with Gasteiger partial charge in [0.05, 0.1) is 0 Å². The molecule has 4 heteroatoms. The van der Waals surface area contributed by atoms with Crippen LogP contribution in [-0.2, 0) is 0 Å². The molecule has 0 heterocycles. The summed E-state index contributed by atoms with van der Waals surface area (Å²) in [5, 5.41) is 4.89. The lowest BCUT2D eigenvalue weighted by Crippen LogP contribution is -2.48. The molecule has 0 saturated carbocycles. The van der Waals surface area contributed by atoms with Gasteiger partial charge in [-0.3, -0.25) is 10.0 Å². The molecule has 0 aromatic heterocycles. The third-order valence-corrected chi connectivity index (χ3v) is 1.46. The molecule has 0 aliphatic carbocycles. The van der Waals surface area contributed by atoms with E-state index >= 15 is 0 Å². The Morgan fingerprint density at radius 3 is 2.46 bits per heavy atom. The lowest BCUT2D eigenvalue weighted by atomic mass is 10.4. The SMILES string of the molecule is CCCN(N)C(=NCC)NC(C)C. The van der Waals surface area contributed by atoms with Gasteiger partial charge < -0.3 is 5.32 Å². The molecule has 0 saturated heterocycles. The monoisotopic (exact) mass is 186 g/mol. The van der Waals surface area contributed by atoms with Crippen molar-refractivity contribution in [2.24, 2.45) is 10.8 Å². The number of nitrogens with zero attached hydrogens (tertiary/aromatic N) is 2. The molecule has 4 nitrogen and oxygen atoms in total. The Morgan fingerprint density at radius 1 is 1.46 bits per heavy atom. The second-order valence-corrected chi connectivity index (χ2v) is 3.29. The molecular weight excluding hydrogens is 164 g/mol. The van der Waals surface area contributed by atoms with Crippen LogP contribution in [0, 0.1) is 0 Å². The Balaban J connectivity index is 4.15. The highest BCUT2D eigenvalue weighted by Gasteiger charge is 2.05. The molecule has 3 N–H and O–H groups in total. The van der Waals surface area contributed by atoms with Gasteiger partial charge in [0.15, 0.2) is 0 Å². The first-order chi connectivity index (χ1) is 6.11. The molecule has 78 valence electrons. The summed E-state index contributed by atoms with van der Waals surface area (Å²) in [6.07, 6.45) is 1.03. The van der Waals surface area contributed by atoms with Crippen molar-refractivity contribution in [3.8, 4) is 0 Å². The van der Waals surface area contributed by atoms with Crippen LogP contribution in [0.25, 0.3) is 0 Å². The number of nitrogens with two attached hydrogens (primary N) is 1. The van der Waals surface area contributed by atoms with E-state index in [1.165, 1.54) is 0 Å². The lowest BCUT2D eigenvalue weighted by Gasteiger charge is -2.22. The van der Waals surface area contributed by atoms with Gasteiger partial charge in [-0.1, -0.05) is 6.92 Å². The van der Waals surface area contributed by atoms with Crippen LogP contribution in [-0.4, -0.2) is 30.1 Å². The van der Waals surface area contributed by atoms with Crippen LogP contribution >= 0.6 is 0 Å².